The Morgan fingerprint density at radius 3 is 2.65 bits per heavy atom. The Balaban J connectivity index is 2.03. The Kier molecular flexibility index (Phi) is 3.98. The zero-order valence-electron chi connectivity index (χ0n) is 9.51. The second-order valence-electron chi connectivity index (χ2n) is 3.95. The van der Waals surface area contributed by atoms with Gasteiger partial charge in [-0.15, -0.1) is 0 Å². The van der Waals surface area contributed by atoms with Crippen molar-refractivity contribution in [3.63, 3.8) is 0 Å². The number of β-amino-alcohol motifs (C(OH)–C–C–N with tert-alkyl or cyclic N) is 1. The molecule has 1 saturated heterocycles. The number of aromatic nitrogens is 2. The SMILES string of the molecule is Nc1c(Cl)ncnc1N1CCN(CCO)CC1. The number of anilines is 2. The van der Waals surface area contributed by atoms with E-state index in [1.54, 1.807) is 0 Å². The summed E-state index contributed by atoms with van der Waals surface area (Å²) >= 11 is 5.87. The number of aliphatic hydroxyl groups excluding tert-OH is 1. The summed E-state index contributed by atoms with van der Waals surface area (Å²) in [4.78, 5) is 12.3. The van der Waals surface area contributed by atoms with E-state index in [0.717, 1.165) is 26.2 Å². The molecule has 0 amide bonds. The standard InChI is InChI=1S/C10H16ClN5O/c11-9-8(12)10(14-7-13-9)16-3-1-15(2-4-16)5-6-17/h7,17H,1-6,12H2. The fourth-order valence-corrected chi connectivity index (χ4v) is 2.07. The molecule has 0 aromatic carbocycles. The van der Waals surface area contributed by atoms with Crippen molar-refractivity contribution in [1.29, 1.82) is 0 Å². The lowest BCUT2D eigenvalue weighted by molar-refractivity contribution is 0.188. The van der Waals surface area contributed by atoms with E-state index in [9.17, 15) is 0 Å². The summed E-state index contributed by atoms with van der Waals surface area (Å²) in [5, 5.41) is 9.17. The molecule has 6 nitrogen and oxygen atoms in total. The van der Waals surface area contributed by atoms with Crippen LogP contribution < -0.4 is 10.6 Å². The van der Waals surface area contributed by atoms with Crippen LogP contribution in [0.4, 0.5) is 11.5 Å². The van der Waals surface area contributed by atoms with Crippen LogP contribution in [0.2, 0.25) is 5.15 Å². The van der Waals surface area contributed by atoms with Gasteiger partial charge in [-0.3, -0.25) is 4.90 Å². The van der Waals surface area contributed by atoms with Gasteiger partial charge in [0.1, 0.15) is 12.0 Å². The number of nitrogen functional groups attached to an aromatic ring is 1. The topological polar surface area (TPSA) is 78.5 Å². The number of aliphatic hydroxyl groups is 1. The van der Waals surface area contributed by atoms with Crippen LogP contribution in [0.5, 0.6) is 0 Å². The van der Waals surface area contributed by atoms with E-state index in [-0.39, 0.29) is 6.61 Å². The Morgan fingerprint density at radius 1 is 1.29 bits per heavy atom. The van der Waals surface area contributed by atoms with E-state index < -0.39 is 0 Å². The molecule has 0 atom stereocenters. The quantitative estimate of drug-likeness (QED) is 0.732. The predicted octanol–water partition coefficient (Wildman–Crippen LogP) is -0.173. The minimum Gasteiger partial charge on any atom is -0.395 e. The van der Waals surface area contributed by atoms with Gasteiger partial charge in [-0.2, -0.15) is 0 Å². The molecule has 7 heteroatoms. The average molecular weight is 258 g/mol. The molecule has 0 radical (unpaired) electrons. The molecule has 2 rings (SSSR count). The smallest absolute Gasteiger partial charge is 0.157 e. The lowest BCUT2D eigenvalue weighted by Crippen LogP contribution is -2.47. The van der Waals surface area contributed by atoms with Gasteiger partial charge >= 0.3 is 0 Å². The Hall–Kier alpha value is -1.11. The largest absolute Gasteiger partial charge is 0.395 e. The van der Waals surface area contributed by atoms with E-state index in [1.165, 1.54) is 6.33 Å². The van der Waals surface area contributed by atoms with Gasteiger partial charge in [0, 0.05) is 32.7 Å². The minimum absolute atomic E-state index is 0.196. The third-order valence-electron chi connectivity index (χ3n) is 2.90. The molecule has 1 aromatic rings. The fraction of sp³-hybridized carbons (Fsp3) is 0.600. The molecule has 1 aromatic heterocycles. The van der Waals surface area contributed by atoms with Gasteiger partial charge in [-0.05, 0) is 0 Å². The lowest BCUT2D eigenvalue weighted by Gasteiger charge is -2.35. The molecule has 1 fully saturated rings. The third-order valence-corrected chi connectivity index (χ3v) is 3.20. The molecule has 94 valence electrons. The number of hydrogen-bond donors (Lipinski definition) is 2. The Morgan fingerprint density at radius 2 is 2.00 bits per heavy atom. The van der Waals surface area contributed by atoms with Crippen molar-refractivity contribution in [2.24, 2.45) is 0 Å². The number of halogens is 1. The first kappa shape index (κ1) is 12.3. The fourth-order valence-electron chi connectivity index (χ4n) is 1.94. The number of piperazine rings is 1. The van der Waals surface area contributed by atoms with Crippen LogP contribution in [0, 0.1) is 0 Å². The predicted molar refractivity (Wildman–Crippen MR) is 67.2 cm³/mol. The molecule has 0 bridgehead atoms. The highest BCUT2D eigenvalue weighted by Crippen LogP contribution is 2.26. The Bertz CT molecular complexity index is 381. The number of nitrogens with zero attached hydrogens (tertiary/aromatic N) is 4. The monoisotopic (exact) mass is 257 g/mol. The molecule has 2 heterocycles. The van der Waals surface area contributed by atoms with E-state index in [1.807, 2.05) is 0 Å². The maximum atomic E-state index is 8.87. The van der Waals surface area contributed by atoms with E-state index in [2.05, 4.69) is 19.8 Å². The lowest BCUT2D eigenvalue weighted by atomic mass is 10.3. The van der Waals surface area contributed by atoms with Crippen molar-refractivity contribution in [1.82, 2.24) is 14.9 Å². The Labute approximate surface area is 105 Å². The molecular weight excluding hydrogens is 242 g/mol. The van der Waals surface area contributed by atoms with Crippen LogP contribution in [0.3, 0.4) is 0 Å². The molecule has 0 unspecified atom stereocenters. The molecular formula is C10H16ClN5O. The maximum absolute atomic E-state index is 8.87. The summed E-state index contributed by atoms with van der Waals surface area (Å²) in [5.74, 6) is 0.702. The van der Waals surface area contributed by atoms with Crippen LogP contribution >= 0.6 is 11.6 Å². The summed E-state index contributed by atoms with van der Waals surface area (Å²) < 4.78 is 0. The average Bonchev–Trinajstić information content (AvgIpc) is 2.34. The zero-order valence-corrected chi connectivity index (χ0v) is 10.3. The second-order valence-corrected chi connectivity index (χ2v) is 4.31. The van der Waals surface area contributed by atoms with Crippen LogP contribution in [0.1, 0.15) is 0 Å². The molecule has 1 aliphatic rings. The van der Waals surface area contributed by atoms with Gasteiger partial charge in [0.25, 0.3) is 0 Å². The first-order valence-corrected chi connectivity index (χ1v) is 5.94. The third kappa shape index (κ3) is 2.77. The van der Waals surface area contributed by atoms with Crippen molar-refractivity contribution in [3.05, 3.63) is 11.5 Å². The van der Waals surface area contributed by atoms with Gasteiger partial charge in [0.05, 0.1) is 6.61 Å². The minimum atomic E-state index is 0.196. The van der Waals surface area contributed by atoms with Gasteiger partial charge < -0.3 is 15.7 Å². The molecule has 0 spiro atoms. The van der Waals surface area contributed by atoms with E-state index in [0.29, 0.717) is 23.2 Å². The number of hydrogen-bond acceptors (Lipinski definition) is 6. The highest BCUT2D eigenvalue weighted by Gasteiger charge is 2.20. The molecule has 0 saturated carbocycles. The summed E-state index contributed by atoms with van der Waals surface area (Å²) in [6, 6.07) is 0. The zero-order chi connectivity index (χ0) is 12.3. The summed E-state index contributed by atoms with van der Waals surface area (Å²) in [5.41, 5.74) is 6.29. The highest BCUT2D eigenvalue weighted by atomic mass is 35.5. The maximum Gasteiger partial charge on any atom is 0.157 e. The van der Waals surface area contributed by atoms with E-state index in [4.69, 9.17) is 22.4 Å². The molecule has 17 heavy (non-hydrogen) atoms. The normalized spacial score (nSPS) is 17.4. The van der Waals surface area contributed by atoms with Gasteiger partial charge in [0.2, 0.25) is 0 Å². The van der Waals surface area contributed by atoms with E-state index >= 15 is 0 Å². The summed E-state index contributed by atoms with van der Waals surface area (Å²) in [6.07, 6.45) is 1.42. The summed E-state index contributed by atoms with van der Waals surface area (Å²) in [7, 11) is 0. The summed E-state index contributed by atoms with van der Waals surface area (Å²) in [6.45, 7) is 4.35. The molecule has 0 aliphatic carbocycles. The van der Waals surface area contributed by atoms with Crippen LogP contribution in [0.15, 0.2) is 6.33 Å². The van der Waals surface area contributed by atoms with Crippen molar-refractivity contribution >= 4 is 23.1 Å². The van der Waals surface area contributed by atoms with Crippen LogP contribution in [0.25, 0.3) is 0 Å². The van der Waals surface area contributed by atoms with Crippen LogP contribution in [-0.4, -0.2) is 59.3 Å². The number of rotatable bonds is 3. The highest BCUT2D eigenvalue weighted by molar-refractivity contribution is 6.32. The first-order chi connectivity index (χ1) is 8.22. The number of nitrogens with two attached hydrogens (primary N) is 1. The van der Waals surface area contributed by atoms with Gasteiger partial charge in [-0.1, -0.05) is 11.6 Å². The van der Waals surface area contributed by atoms with Gasteiger partial charge in [-0.25, -0.2) is 9.97 Å². The molecule has 1 aliphatic heterocycles. The van der Waals surface area contributed by atoms with Crippen molar-refractivity contribution in [2.75, 3.05) is 50.0 Å². The first-order valence-electron chi connectivity index (χ1n) is 5.56. The molecule has 3 N–H and O–H groups in total. The van der Waals surface area contributed by atoms with Gasteiger partial charge in [0.15, 0.2) is 11.0 Å². The van der Waals surface area contributed by atoms with Crippen molar-refractivity contribution in [3.8, 4) is 0 Å². The van der Waals surface area contributed by atoms with Crippen molar-refractivity contribution < 1.29 is 5.11 Å². The second kappa shape index (κ2) is 5.48. The van der Waals surface area contributed by atoms with Crippen LogP contribution in [-0.2, 0) is 0 Å². The van der Waals surface area contributed by atoms with Crippen molar-refractivity contribution in [2.45, 2.75) is 0 Å².